The number of hydrogen-bond donors (Lipinski definition) is 0. The van der Waals surface area contributed by atoms with Gasteiger partial charge in [-0.3, -0.25) is 9.59 Å². The first kappa shape index (κ1) is 15.8. The molecule has 0 spiro atoms. The lowest BCUT2D eigenvalue weighted by Gasteiger charge is -2.34. The van der Waals surface area contributed by atoms with Gasteiger partial charge in [0.05, 0.1) is 17.3 Å². The van der Waals surface area contributed by atoms with Crippen molar-refractivity contribution in [3.8, 4) is 0 Å². The molecular formula is C13H18BrNO4. The Kier molecular flexibility index (Phi) is 5.17. The molecule has 19 heavy (non-hydrogen) atoms. The van der Waals surface area contributed by atoms with E-state index >= 15 is 0 Å². The van der Waals surface area contributed by atoms with Crippen molar-refractivity contribution in [1.29, 1.82) is 0 Å². The zero-order valence-electron chi connectivity index (χ0n) is 11.5. The number of amides is 1. The first-order valence-corrected chi connectivity index (χ1v) is 6.77. The van der Waals surface area contributed by atoms with E-state index in [4.69, 9.17) is 9.15 Å². The summed E-state index contributed by atoms with van der Waals surface area (Å²) in [4.78, 5) is 25.4. The van der Waals surface area contributed by atoms with Crippen LogP contribution in [0.5, 0.6) is 0 Å². The number of hydrogen-bond acceptors (Lipinski definition) is 4. The molecule has 1 aromatic rings. The normalized spacial score (nSPS) is 11.2. The van der Waals surface area contributed by atoms with Gasteiger partial charge in [-0.2, -0.15) is 0 Å². The van der Waals surface area contributed by atoms with E-state index in [-0.39, 0.29) is 24.8 Å². The molecule has 0 radical (unpaired) electrons. The highest BCUT2D eigenvalue weighted by atomic mass is 79.9. The zero-order valence-corrected chi connectivity index (χ0v) is 13.1. The predicted octanol–water partition coefficient (Wildman–Crippen LogP) is 2.85. The van der Waals surface area contributed by atoms with Crippen LogP contribution in [-0.2, 0) is 9.53 Å². The summed E-state index contributed by atoms with van der Waals surface area (Å²) in [6, 6.07) is 1.64. The van der Waals surface area contributed by atoms with Crippen molar-refractivity contribution in [2.75, 3.05) is 13.2 Å². The van der Waals surface area contributed by atoms with Crippen molar-refractivity contribution in [3.63, 3.8) is 0 Å². The quantitative estimate of drug-likeness (QED) is 0.796. The van der Waals surface area contributed by atoms with Gasteiger partial charge in [0.25, 0.3) is 5.91 Å². The van der Waals surface area contributed by atoms with Crippen LogP contribution in [-0.4, -0.2) is 35.5 Å². The molecular weight excluding hydrogens is 314 g/mol. The van der Waals surface area contributed by atoms with Crippen LogP contribution in [0.4, 0.5) is 0 Å². The van der Waals surface area contributed by atoms with Gasteiger partial charge in [0.15, 0.2) is 0 Å². The number of halogens is 1. The maximum absolute atomic E-state index is 12.4. The monoisotopic (exact) mass is 331 g/mol. The summed E-state index contributed by atoms with van der Waals surface area (Å²) in [6.45, 7) is 7.45. The topological polar surface area (TPSA) is 59.8 Å². The summed E-state index contributed by atoms with van der Waals surface area (Å²) >= 11 is 3.24. The first-order chi connectivity index (χ1) is 8.77. The van der Waals surface area contributed by atoms with Gasteiger partial charge in [-0.15, -0.1) is 0 Å². The molecule has 0 aromatic carbocycles. The molecule has 1 rings (SSSR count). The van der Waals surface area contributed by atoms with Crippen LogP contribution in [0.1, 0.15) is 38.2 Å². The fourth-order valence-electron chi connectivity index (χ4n) is 1.52. The second-order valence-corrected chi connectivity index (χ2v) is 5.82. The second kappa shape index (κ2) is 6.23. The number of nitrogens with zero attached hydrogens (tertiary/aromatic N) is 1. The van der Waals surface area contributed by atoms with Gasteiger partial charge in [-0.1, -0.05) is 0 Å². The molecule has 1 aromatic heterocycles. The molecule has 0 saturated carbocycles. The third kappa shape index (κ3) is 4.09. The minimum atomic E-state index is -0.518. The Bertz CT molecular complexity index is 461. The van der Waals surface area contributed by atoms with E-state index in [1.807, 2.05) is 20.8 Å². The van der Waals surface area contributed by atoms with Crippen molar-refractivity contribution in [3.05, 3.63) is 22.6 Å². The Morgan fingerprint density at radius 2 is 2.05 bits per heavy atom. The van der Waals surface area contributed by atoms with Crippen molar-refractivity contribution < 1.29 is 18.7 Å². The highest BCUT2D eigenvalue weighted by Gasteiger charge is 2.32. The van der Waals surface area contributed by atoms with Gasteiger partial charge in [-0.05, 0) is 49.7 Å². The third-order valence-corrected chi connectivity index (χ3v) is 3.08. The van der Waals surface area contributed by atoms with Crippen molar-refractivity contribution in [2.45, 2.75) is 33.2 Å². The maximum atomic E-state index is 12.4. The molecule has 0 N–H and O–H groups in total. The van der Waals surface area contributed by atoms with Crippen molar-refractivity contribution in [2.24, 2.45) is 0 Å². The molecule has 0 aliphatic heterocycles. The SMILES string of the molecule is CCOC(=O)CN(C(=O)c1occc1Br)C(C)(C)C. The number of furan rings is 1. The molecule has 106 valence electrons. The lowest BCUT2D eigenvalue weighted by molar-refractivity contribution is -0.144. The summed E-state index contributed by atoms with van der Waals surface area (Å²) in [5.74, 6) is -0.606. The second-order valence-electron chi connectivity index (χ2n) is 4.96. The number of ether oxygens (including phenoxy) is 1. The van der Waals surface area contributed by atoms with Gasteiger partial charge in [-0.25, -0.2) is 0 Å². The average Bonchev–Trinajstić information content (AvgIpc) is 2.70. The molecule has 5 nitrogen and oxygen atoms in total. The molecule has 0 aliphatic rings. The van der Waals surface area contributed by atoms with E-state index in [9.17, 15) is 9.59 Å². The Labute approximate surface area is 121 Å². The molecule has 6 heteroatoms. The van der Waals surface area contributed by atoms with E-state index in [1.54, 1.807) is 13.0 Å². The van der Waals surface area contributed by atoms with E-state index in [0.29, 0.717) is 4.47 Å². The van der Waals surface area contributed by atoms with Crippen LogP contribution in [0.3, 0.4) is 0 Å². The minimum Gasteiger partial charge on any atom is -0.465 e. The summed E-state index contributed by atoms with van der Waals surface area (Å²) in [7, 11) is 0. The largest absolute Gasteiger partial charge is 0.465 e. The third-order valence-electron chi connectivity index (χ3n) is 2.46. The average molecular weight is 332 g/mol. The van der Waals surface area contributed by atoms with Crippen LogP contribution in [0.15, 0.2) is 21.2 Å². The lowest BCUT2D eigenvalue weighted by Crippen LogP contribution is -2.48. The summed E-state index contributed by atoms with van der Waals surface area (Å²) in [6.07, 6.45) is 1.42. The molecule has 1 amide bonds. The van der Waals surface area contributed by atoms with E-state index in [0.717, 1.165) is 0 Å². The highest BCUT2D eigenvalue weighted by Crippen LogP contribution is 2.23. The predicted molar refractivity (Wildman–Crippen MR) is 73.8 cm³/mol. The van der Waals surface area contributed by atoms with E-state index < -0.39 is 11.5 Å². The van der Waals surface area contributed by atoms with Crippen molar-refractivity contribution >= 4 is 27.8 Å². The van der Waals surface area contributed by atoms with Crippen LogP contribution in [0.25, 0.3) is 0 Å². The fraction of sp³-hybridized carbons (Fsp3) is 0.538. The fourth-order valence-corrected chi connectivity index (χ4v) is 1.89. The van der Waals surface area contributed by atoms with Crippen LogP contribution in [0.2, 0.25) is 0 Å². The van der Waals surface area contributed by atoms with Gasteiger partial charge in [0.2, 0.25) is 5.76 Å². The smallest absolute Gasteiger partial charge is 0.325 e. The molecule has 0 bridgehead atoms. The molecule has 1 heterocycles. The molecule has 0 fully saturated rings. The van der Waals surface area contributed by atoms with Crippen LogP contribution in [0, 0.1) is 0 Å². The molecule has 0 atom stereocenters. The standard InChI is InChI=1S/C13H18BrNO4/c1-5-18-10(16)8-15(13(2,3)4)12(17)11-9(14)6-7-19-11/h6-7H,5,8H2,1-4H3. The molecule has 0 saturated heterocycles. The summed E-state index contributed by atoms with van der Waals surface area (Å²) in [5, 5.41) is 0. The zero-order chi connectivity index (χ0) is 14.6. The van der Waals surface area contributed by atoms with E-state index in [2.05, 4.69) is 15.9 Å². The van der Waals surface area contributed by atoms with Crippen LogP contribution < -0.4 is 0 Å². The van der Waals surface area contributed by atoms with Gasteiger partial charge in [0.1, 0.15) is 6.54 Å². The van der Waals surface area contributed by atoms with Crippen molar-refractivity contribution in [1.82, 2.24) is 4.90 Å². The number of carbonyl (C=O) groups is 2. The maximum Gasteiger partial charge on any atom is 0.325 e. The van der Waals surface area contributed by atoms with Gasteiger partial charge in [0, 0.05) is 5.54 Å². The Morgan fingerprint density at radius 3 is 2.47 bits per heavy atom. The Hall–Kier alpha value is -1.30. The number of rotatable bonds is 4. The Morgan fingerprint density at radius 1 is 1.42 bits per heavy atom. The number of carbonyl (C=O) groups excluding carboxylic acids is 2. The minimum absolute atomic E-state index is 0.108. The Balaban J connectivity index is 2.96. The molecule has 0 unspecified atom stereocenters. The molecule has 0 aliphatic carbocycles. The van der Waals surface area contributed by atoms with Gasteiger partial charge < -0.3 is 14.1 Å². The van der Waals surface area contributed by atoms with Crippen LogP contribution >= 0.6 is 15.9 Å². The number of esters is 1. The summed E-state index contributed by atoms with van der Waals surface area (Å²) < 4.78 is 10.6. The van der Waals surface area contributed by atoms with Gasteiger partial charge >= 0.3 is 5.97 Å². The van der Waals surface area contributed by atoms with E-state index in [1.165, 1.54) is 11.2 Å². The lowest BCUT2D eigenvalue weighted by atomic mass is 10.1. The first-order valence-electron chi connectivity index (χ1n) is 5.98. The summed E-state index contributed by atoms with van der Waals surface area (Å²) in [5.41, 5.74) is -0.518. The highest BCUT2D eigenvalue weighted by molar-refractivity contribution is 9.10.